The van der Waals surface area contributed by atoms with Crippen LogP contribution in [0.3, 0.4) is 0 Å². The van der Waals surface area contributed by atoms with E-state index in [4.69, 9.17) is 10.2 Å². The molecule has 2 aliphatic rings. The highest BCUT2D eigenvalue weighted by Gasteiger charge is 2.19. The van der Waals surface area contributed by atoms with Crippen LogP contribution in [0.5, 0.6) is 11.5 Å². The molecule has 0 radical (unpaired) electrons. The molecule has 3 nitrogen and oxygen atoms in total. The van der Waals surface area contributed by atoms with Crippen LogP contribution in [0.4, 0.5) is 0 Å². The molecule has 90 valence electrons. The van der Waals surface area contributed by atoms with Gasteiger partial charge in [-0.1, -0.05) is 12.2 Å². The molecule has 0 aromatic heterocycles. The number of hydrogen-bond acceptors (Lipinski definition) is 3. The molecule has 17 heavy (non-hydrogen) atoms. The lowest BCUT2D eigenvalue weighted by molar-refractivity contribution is 0.460. The second-order valence-corrected chi connectivity index (χ2v) is 4.21. The maximum absolute atomic E-state index is 8.65. The quantitative estimate of drug-likeness (QED) is 0.601. The van der Waals surface area contributed by atoms with Gasteiger partial charge in [-0.15, -0.1) is 0 Å². The van der Waals surface area contributed by atoms with Gasteiger partial charge in [-0.3, -0.25) is 0 Å². The van der Waals surface area contributed by atoms with E-state index in [1.54, 1.807) is 0 Å². The number of phenolic OH excluding ortho intramolecular Hbond substituents is 2. The van der Waals surface area contributed by atoms with Crippen molar-refractivity contribution in [1.29, 1.82) is 0 Å². The summed E-state index contributed by atoms with van der Waals surface area (Å²) in [7, 11) is 0. The van der Waals surface area contributed by atoms with Crippen molar-refractivity contribution in [3.05, 3.63) is 48.2 Å². The Hall–Kier alpha value is -1.90. The predicted molar refractivity (Wildman–Crippen MR) is 67.7 cm³/mol. The second kappa shape index (κ2) is 5.43. The molecule has 1 aromatic carbocycles. The fraction of sp³-hybridized carbons (Fsp3) is 0.286. The molecular formula is C14H17NO2. The van der Waals surface area contributed by atoms with Crippen LogP contribution in [0.15, 0.2) is 48.2 Å². The van der Waals surface area contributed by atoms with E-state index in [-0.39, 0.29) is 11.5 Å². The Kier molecular flexibility index (Phi) is 3.70. The van der Waals surface area contributed by atoms with Gasteiger partial charge in [-0.05, 0) is 43.2 Å². The average Bonchev–Trinajstić information content (AvgIpc) is 2.82. The smallest absolute Gasteiger partial charge is 0.115 e. The number of phenols is 2. The van der Waals surface area contributed by atoms with Crippen LogP contribution < -0.4 is 5.32 Å². The standard InChI is InChI=1S/C8H11N.C6H6O2/c1-2-4-8-7(3-1)5-6-9-8;7-5-1-2-6(8)4-3-5/h1-2,4,7,9H,3,5-6H2;1-4,7-8H. The SMILES string of the molecule is C1=CCC2CCNC2=C1.Oc1ccc(O)cc1. The monoisotopic (exact) mass is 231 g/mol. The Balaban J connectivity index is 0.000000128. The summed E-state index contributed by atoms with van der Waals surface area (Å²) in [6, 6.07) is 5.70. The molecule has 1 aliphatic carbocycles. The minimum Gasteiger partial charge on any atom is -0.508 e. The zero-order valence-electron chi connectivity index (χ0n) is 9.63. The summed E-state index contributed by atoms with van der Waals surface area (Å²) < 4.78 is 0. The van der Waals surface area contributed by atoms with Gasteiger partial charge >= 0.3 is 0 Å². The molecule has 3 heteroatoms. The molecule has 1 fully saturated rings. The molecule has 3 rings (SSSR count). The molecule has 1 aromatic rings. The van der Waals surface area contributed by atoms with E-state index < -0.39 is 0 Å². The summed E-state index contributed by atoms with van der Waals surface area (Å²) in [4.78, 5) is 0. The van der Waals surface area contributed by atoms with Crippen molar-refractivity contribution < 1.29 is 10.2 Å². The first kappa shape index (κ1) is 11.6. The molecule has 0 saturated carbocycles. The van der Waals surface area contributed by atoms with Crippen LogP contribution in [-0.2, 0) is 0 Å². The number of aromatic hydroxyl groups is 2. The molecule has 0 bridgehead atoms. The summed E-state index contributed by atoms with van der Waals surface area (Å²) in [5, 5.41) is 20.7. The van der Waals surface area contributed by atoms with Crippen LogP contribution in [0.1, 0.15) is 12.8 Å². The van der Waals surface area contributed by atoms with Crippen LogP contribution in [-0.4, -0.2) is 16.8 Å². The van der Waals surface area contributed by atoms with Crippen LogP contribution in [0, 0.1) is 5.92 Å². The minimum absolute atomic E-state index is 0.169. The second-order valence-electron chi connectivity index (χ2n) is 4.21. The number of benzene rings is 1. The first-order valence-corrected chi connectivity index (χ1v) is 5.84. The number of allylic oxidation sites excluding steroid dienone is 4. The zero-order valence-corrected chi connectivity index (χ0v) is 9.63. The van der Waals surface area contributed by atoms with Crippen LogP contribution in [0.25, 0.3) is 0 Å². The molecule has 1 unspecified atom stereocenters. The van der Waals surface area contributed by atoms with Gasteiger partial charge in [0.1, 0.15) is 11.5 Å². The third-order valence-electron chi connectivity index (χ3n) is 2.94. The Labute approximate surface area is 101 Å². The van der Waals surface area contributed by atoms with E-state index in [9.17, 15) is 0 Å². The Bertz CT molecular complexity index is 399. The average molecular weight is 231 g/mol. The van der Waals surface area contributed by atoms with Gasteiger partial charge in [0.25, 0.3) is 0 Å². The lowest BCUT2D eigenvalue weighted by atomic mass is 9.97. The fourth-order valence-electron chi connectivity index (χ4n) is 2.00. The van der Waals surface area contributed by atoms with Crippen molar-refractivity contribution in [3.8, 4) is 11.5 Å². The number of hydrogen-bond donors (Lipinski definition) is 3. The van der Waals surface area contributed by atoms with Gasteiger partial charge in [-0.25, -0.2) is 0 Å². The third-order valence-corrected chi connectivity index (χ3v) is 2.94. The lowest BCUT2D eigenvalue weighted by Crippen LogP contribution is -2.07. The van der Waals surface area contributed by atoms with Crippen molar-refractivity contribution in [1.82, 2.24) is 5.32 Å². The van der Waals surface area contributed by atoms with Gasteiger partial charge in [0.15, 0.2) is 0 Å². The fourth-order valence-corrected chi connectivity index (χ4v) is 2.00. The van der Waals surface area contributed by atoms with Gasteiger partial charge in [-0.2, -0.15) is 0 Å². The highest BCUT2D eigenvalue weighted by atomic mass is 16.3. The maximum atomic E-state index is 8.65. The first-order valence-electron chi connectivity index (χ1n) is 5.84. The van der Waals surface area contributed by atoms with E-state index in [0.29, 0.717) is 0 Å². The van der Waals surface area contributed by atoms with Crippen molar-refractivity contribution in [2.45, 2.75) is 12.8 Å². The molecule has 1 heterocycles. The summed E-state index contributed by atoms with van der Waals surface area (Å²) in [5.74, 6) is 1.17. The van der Waals surface area contributed by atoms with Crippen molar-refractivity contribution in [2.75, 3.05) is 6.54 Å². The Morgan fingerprint density at radius 3 is 2.29 bits per heavy atom. The molecule has 1 atom stereocenters. The summed E-state index contributed by atoms with van der Waals surface area (Å²) in [6.45, 7) is 1.18. The van der Waals surface area contributed by atoms with E-state index in [0.717, 1.165) is 5.92 Å². The number of rotatable bonds is 0. The van der Waals surface area contributed by atoms with E-state index in [1.165, 1.54) is 49.3 Å². The molecule has 0 spiro atoms. The Morgan fingerprint density at radius 1 is 1.06 bits per heavy atom. The highest BCUT2D eigenvalue weighted by Crippen LogP contribution is 2.25. The molecular weight excluding hydrogens is 214 g/mol. The largest absolute Gasteiger partial charge is 0.508 e. The molecule has 1 saturated heterocycles. The summed E-state index contributed by atoms with van der Waals surface area (Å²) in [5.41, 5.74) is 1.46. The van der Waals surface area contributed by atoms with Crippen molar-refractivity contribution >= 4 is 0 Å². The summed E-state index contributed by atoms with van der Waals surface area (Å²) >= 11 is 0. The van der Waals surface area contributed by atoms with Crippen LogP contribution >= 0.6 is 0 Å². The van der Waals surface area contributed by atoms with E-state index in [2.05, 4.69) is 23.5 Å². The van der Waals surface area contributed by atoms with Crippen molar-refractivity contribution in [2.24, 2.45) is 5.92 Å². The molecule has 1 aliphatic heterocycles. The number of nitrogens with one attached hydrogen (secondary N) is 1. The van der Waals surface area contributed by atoms with E-state index in [1.807, 2.05) is 0 Å². The van der Waals surface area contributed by atoms with Crippen molar-refractivity contribution in [3.63, 3.8) is 0 Å². The topological polar surface area (TPSA) is 52.5 Å². The maximum Gasteiger partial charge on any atom is 0.115 e. The van der Waals surface area contributed by atoms with Gasteiger partial charge in [0.05, 0.1) is 0 Å². The predicted octanol–water partition coefficient (Wildman–Crippen LogP) is 2.54. The van der Waals surface area contributed by atoms with Gasteiger partial charge in [0, 0.05) is 18.2 Å². The molecule has 3 N–H and O–H groups in total. The van der Waals surface area contributed by atoms with Crippen LogP contribution in [0.2, 0.25) is 0 Å². The highest BCUT2D eigenvalue weighted by molar-refractivity contribution is 5.28. The molecule has 0 amide bonds. The zero-order chi connectivity index (χ0) is 12.1. The normalized spacial score (nSPS) is 20.7. The number of fused-ring (bicyclic) bond motifs is 1. The minimum atomic E-state index is 0.169. The first-order chi connectivity index (χ1) is 8.25. The van der Waals surface area contributed by atoms with Gasteiger partial charge in [0.2, 0.25) is 0 Å². The van der Waals surface area contributed by atoms with Gasteiger partial charge < -0.3 is 15.5 Å². The summed E-state index contributed by atoms with van der Waals surface area (Å²) in [6.07, 6.45) is 9.17. The Morgan fingerprint density at radius 2 is 1.71 bits per heavy atom. The van der Waals surface area contributed by atoms with E-state index >= 15 is 0 Å². The third kappa shape index (κ3) is 3.28. The lowest BCUT2D eigenvalue weighted by Gasteiger charge is -2.10.